The lowest BCUT2D eigenvalue weighted by Gasteiger charge is -2.32. The summed E-state index contributed by atoms with van der Waals surface area (Å²) in [6, 6.07) is 15.7. The van der Waals surface area contributed by atoms with Crippen LogP contribution in [0.25, 0.3) is 61.0 Å². The van der Waals surface area contributed by atoms with Crippen molar-refractivity contribution in [2.75, 3.05) is 50.8 Å². The summed E-state index contributed by atoms with van der Waals surface area (Å²) in [5.74, 6) is -2.36. The van der Waals surface area contributed by atoms with Gasteiger partial charge in [0.1, 0.15) is 34.4 Å². The Hall–Kier alpha value is -6.00. The van der Waals surface area contributed by atoms with Crippen LogP contribution < -0.4 is 9.62 Å². The minimum Gasteiger partial charge on any atom is -0.455 e. The maximum Gasteiger partial charge on any atom is 0.255 e. The quantitative estimate of drug-likeness (QED) is 0.200. The number of pyridine rings is 1. The number of carbonyl (C=O) groups is 2. The van der Waals surface area contributed by atoms with Crippen LogP contribution in [0.5, 0.6) is 0 Å². The number of nitrogens with one attached hydrogen (secondary N) is 1. The van der Waals surface area contributed by atoms with E-state index in [4.69, 9.17) is 14.4 Å². The molecule has 1 aliphatic rings. The van der Waals surface area contributed by atoms with E-state index in [9.17, 15) is 22.4 Å². The molecule has 7 aromatic rings. The van der Waals surface area contributed by atoms with Crippen LogP contribution in [0.15, 0.2) is 71.1 Å². The van der Waals surface area contributed by atoms with E-state index in [1.54, 1.807) is 41.3 Å². The van der Waals surface area contributed by atoms with Crippen LogP contribution in [0.4, 0.5) is 18.9 Å². The summed E-state index contributed by atoms with van der Waals surface area (Å²) in [5.41, 5.74) is 2.61. The van der Waals surface area contributed by atoms with Crippen molar-refractivity contribution in [2.45, 2.75) is 6.54 Å². The first-order chi connectivity index (χ1) is 25.9. The van der Waals surface area contributed by atoms with E-state index >= 15 is 8.78 Å². The van der Waals surface area contributed by atoms with Crippen LogP contribution in [0.3, 0.4) is 0 Å². The van der Waals surface area contributed by atoms with Gasteiger partial charge in [-0.15, -0.1) is 0 Å². The molecular weight excluding hydrogens is 724 g/mol. The lowest BCUT2D eigenvalue weighted by Crippen LogP contribution is -2.45. The molecule has 3 aromatic carbocycles. The van der Waals surface area contributed by atoms with E-state index in [-0.39, 0.29) is 39.1 Å². The molecule has 0 saturated carbocycles. The van der Waals surface area contributed by atoms with Crippen LogP contribution in [0.1, 0.15) is 16.2 Å². The molecule has 1 aliphatic heterocycles. The second kappa shape index (κ2) is 13.1. The molecule has 0 atom stereocenters. The van der Waals surface area contributed by atoms with Crippen molar-refractivity contribution < 1.29 is 35.6 Å². The lowest BCUT2D eigenvalue weighted by molar-refractivity contribution is -0.119. The predicted molar refractivity (Wildman–Crippen MR) is 198 cm³/mol. The molecular formula is C38H32F3N7O5S. The standard InChI is InChI=1S/C38H32F3N7O5S/c1-42-38(50)35-25-16-24(31(45(2)54(3,51)52)18-33(25)53-37(35)22-8-7-21(39)15-27(22)41)28-9-10-29-36(44-28)32-17-23-26(40)5-4-6-30(23)48(32)34(43-29)19-46-11-13-47(20-49)14-12-46/h4-10,15-18,20H,11-14,19H2,1-3H3,(H,42,50). The van der Waals surface area contributed by atoms with Crippen molar-refractivity contribution in [1.29, 1.82) is 0 Å². The number of hydrogen-bond acceptors (Lipinski definition) is 8. The SMILES string of the molecule is CNC(=O)c1c(-c2ccc(F)cc2F)oc2cc(N(C)S(C)(=O)=O)c(-c3ccc4nc(CN5CCN(C=O)CC5)n5c6cccc(F)c6cc5c4n3)cc12. The van der Waals surface area contributed by atoms with Crippen molar-refractivity contribution in [3.63, 3.8) is 0 Å². The Morgan fingerprint density at radius 1 is 0.926 bits per heavy atom. The number of sulfonamides is 1. The smallest absolute Gasteiger partial charge is 0.255 e. The molecule has 2 amide bonds. The first-order valence-electron chi connectivity index (χ1n) is 16.9. The molecule has 4 aromatic heterocycles. The molecule has 0 aliphatic carbocycles. The van der Waals surface area contributed by atoms with Crippen molar-refractivity contribution in [3.8, 4) is 22.6 Å². The minimum absolute atomic E-state index is 0.0513. The molecule has 1 fully saturated rings. The molecule has 0 unspecified atom stereocenters. The first-order valence-corrected chi connectivity index (χ1v) is 18.7. The van der Waals surface area contributed by atoms with Gasteiger partial charge in [-0.2, -0.15) is 0 Å². The van der Waals surface area contributed by atoms with E-state index in [1.165, 1.54) is 26.2 Å². The van der Waals surface area contributed by atoms with Crippen molar-refractivity contribution >= 4 is 66.5 Å². The summed E-state index contributed by atoms with van der Waals surface area (Å²) in [6.45, 7) is 2.82. The third-order valence-electron chi connectivity index (χ3n) is 9.89. The van der Waals surface area contributed by atoms with Crippen LogP contribution in [-0.2, 0) is 21.4 Å². The number of nitrogens with zero attached hydrogens (tertiary/aromatic N) is 6. The molecule has 16 heteroatoms. The molecule has 8 rings (SSSR count). The van der Waals surface area contributed by atoms with Crippen LogP contribution in [0.2, 0.25) is 0 Å². The number of fused-ring (bicyclic) bond motifs is 6. The third-order valence-corrected chi connectivity index (χ3v) is 11.1. The first kappa shape index (κ1) is 35.1. The number of aromatic nitrogens is 3. The Morgan fingerprint density at radius 2 is 1.70 bits per heavy atom. The number of benzene rings is 3. The fourth-order valence-electron chi connectivity index (χ4n) is 7.04. The second-order valence-electron chi connectivity index (χ2n) is 13.2. The molecule has 1 saturated heterocycles. The highest BCUT2D eigenvalue weighted by molar-refractivity contribution is 7.92. The van der Waals surface area contributed by atoms with Gasteiger partial charge in [0.2, 0.25) is 16.4 Å². The van der Waals surface area contributed by atoms with Gasteiger partial charge in [0, 0.05) is 68.7 Å². The fourth-order valence-corrected chi connectivity index (χ4v) is 7.55. The average molecular weight is 756 g/mol. The minimum atomic E-state index is -3.87. The maximum absolute atomic E-state index is 15.3. The van der Waals surface area contributed by atoms with Crippen LogP contribution in [-0.4, -0.2) is 91.4 Å². The molecule has 12 nitrogen and oxygen atoms in total. The van der Waals surface area contributed by atoms with Crippen LogP contribution >= 0.6 is 0 Å². The largest absolute Gasteiger partial charge is 0.455 e. The van der Waals surface area contributed by atoms with Gasteiger partial charge >= 0.3 is 0 Å². The monoisotopic (exact) mass is 755 g/mol. The highest BCUT2D eigenvalue weighted by Crippen LogP contribution is 2.42. The zero-order chi connectivity index (χ0) is 38.1. The lowest BCUT2D eigenvalue weighted by atomic mass is 10.0. The summed E-state index contributed by atoms with van der Waals surface area (Å²) in [5, 5.41) is 3.12. The van der Waals surface area contributed by atoms with E-state index in [1.807, 2.05) is 4.40 Å². The molecule has 0 spiro atoms. The van der Waals surface area contributed by atoms with E-state index in [0.29, 0.717) is 77.8 Å². The van der Waals surface area contributed by atoms with Gasteiger partial charge in [0.05, 0.1) is 51.9 Å². The number of furan rings is 1. The molecule has 0 radical (unpaired) electrons. The van der Waals surface area contributed by atoms with Crippen LogP contribution in [0, 0.1) is 17.5 Å². The summed E-state index contributed by atoms with van der Waals surface area (Å²) < 4.78 is 79.2. The van der Waals surface area contributed by atoms with Gasteiger partial charge in [0.15, 0.2) is 5.76 Å². The zero-order valence-corrected chi connectivity index (χ0v) is 30.0. The predicted octanol–water partition coefficient (Wildman–Crippen LogP) is 5.56. The number of anilines is 1. The Labute approximate surface area is 306 Å². The Balaban J connectivity index is 1.37. The number of piperazine rings is 1. The Bertz CT molecular complexity index is 2800. The average Bonchev–Trinajstić information content (AvgIpc) is 3.73. The third kappa shape index (κ3) is 5.87. The molecule has 276 valence electrons. The van der Waals surface area contributed by atoms with Crippen molar-refractivity contribution in [3.05, 3.63) is 95.6 Å². The summed E-state index contributed by atoms with van der Waals surface area (Å²) in [6.07, 6.45) is 1.86. The summed E-state index contributed by atoms with van der Waals surface area (Å²) in [4.78, 5) is 38.5. The molecule has 54 heavy (non-hydrogen) atoms. The van der Waals surface area contributed by atoms with Gasteiger partial charge in [0.25, 0.3) is 5.91 Å². The Kier molecular flexibility index (Phi) is 8.53. The van der Waals surface area contributed by atoms with Gasteiger partial charge in [-0.25, -0.2) is 31.6 Å². The van der Waals surface area contributed by atoms with Crippen molar-refractivity contribution in [1.82, 2.24) is 29.5 Å². The number of hydrogen-bond donors (Lipinski definition) is 1. The normalized spacial score (nSPS) is 14.1. The van der Waals surface area contributed by atoms with E-state index in [0.717, 1.165) is 29.1 Å². The number of halogens is 3. The highest BCUT2D eigenvalue weighted by Gasteiger charge is 2.28. The second-order valence-corrected chi connectivity index (χ2v) is 15.2. The van der Waals surface area contributed by atoms with Gasteiger partial charge in [-0.1, -0.05) is 6.07 Å². The van der Waals surface area contributed by atoms with Gasteiger partial charge in [-0.05, 0) is 48.5 Å². The number of carbonyl (C=O) groups excluding carboxylic acids is 2. The molecule has 0 bridgehead atoms. The van der Waals surface area contributed by atoms with E-state index in [2.05, 4.69) is 10.2 Å². The fraction of sp³-hybridized carbons (Fsp3) is 0.211. The summed E-state index contributed by atoms with van der Waals surface area (Å²) in [7, 11) is -1.12. The zero-order valence-electron chi connectivity index (χ0n) is 29.2. The van der Waals surface area contributed by atoms with E-state index < -0.39 is 33.4 Å². The number of rotatable bonds is 8. The molecule has 1 N–H and O–H groups in total. The Morgan fingerprint density at radius 3 is 2.41 bits per heavy atom. The summed E-state index contributed by atoms with van der Waals surface area (Å²) >= 11 is 0. The van der Waals surface area contributed by atoms with Gasteiger partial charge in [-0.3, -0.25) is 23.2 Å². The maximum atomic E-state index is 15.3. The van der Waals surface area contributed by atoms with Gasteiger partial charge < -0.3 is 14.6 Å². The molecule has 5 heterocycles. The highest BCUT2D eigenvalue weighted by atomic mass is 32.2. The topological polar surface area (TPSA) is 133 Å². The van der Waals surface area contributed by atoms with Crippen molar-refractivity contribution in [2.24, 2.45) is 0 Å². The number of amides is 2.